The van der Waals surface area contributed by atoms with Crippen LogP contribution in [0.4, 0.5) is 11.4 Å². The van der Waals surface area contributed by atoms with E-state index < -0.39 is 5.97 Å². The minimum absolute atomic E-state index is 0.238. The molecule has 6 heteroatoms. The molecule has 2 aromatic rings. The van der Waals surface area contributed by atoms with Crippen molar-refractivity contribution in [2.24, 2.45) is 0 Å². The second kappa shape index (κ2) is 8.57. The van der Waals surface area contributed by atoms with E-state index >= 15 is 0 Å². The van der Waals surface area contributed by atoms with E-state index in [1.807, 2.05) is 73.8 Å². The molecule has 0 atom stereocenters. The lowest BCUT2D eigenvalue weighted by Crippen LogP contribution is -2.24. The molecule has 29 heavy (non-hydrogen) atoms. The average Bonchev–Trinajstić information content (AvgIpc) is 2.97. The third-order valence-electron chi connectivity index (χ3n) is 4.82. The predicted octanol–water partition coefficient (Wildman–Crippen LogP) is 4.35. The molecule has 0 radical (unpaired) electrons. The van der Waals surface area contributed by atoms with Crippen molar-refractivity contribution in [2.75, 3.05) is 37.3 Å². The molecular weight excluding hydrogens is 384 g/mol. The molecule has 3 rings (SSSR count). The lowest BCUT2D eigenvalue weighted by atomic mass is 10.0. The Bertz CT molecular complexity index is 1010. The molecule has 1 heterocycles. The molecule has 0 spiro atoms. The number of carbonyl (C=O) groups is 2. The summed E-state index contributed by atoms with van der Waals surface area (Å²) < 4.78 is 4.97. The summed E-state index contributed by atoms with van der Waals surface area (Å²) in [4.78, 5) is 30.4. The topological polar surface area (TPSA) is 49.9 Å². The van der Waals surface area contributed by atoms with Crippen LogP contribution in [0.15, 0.2) is 70.3 Å². The Kier molecular flexibility index (Phi) is 6.13. The van der Waals surface area contributed by atoms with Crippen LogP contribution in [0, 0.1) is 0 Å². The quantitative estimate of drug-likeness (QED) is 0.418. The normalized spacial score (nSPS) is 15.3. The number of hydrogen-bond donors (Lipinski definition) is 0. The van der Waals surface area contributed by atoms with Gasteiger partial charge in [-0.15, -0.1) is 11.8 Å². The van der Waals surface area contributed by atoms with Crippen molar-refractivity contribution in [3.63, 3.8) is 0 Å². The minimum atomic E-state index is -0.518. The monoisotopic (exact) mass is 408 g/mol. The summed E-state index contributed by atoms with van der Waals surface area (Å²) in [6, 6.07) is 15.5. The zero-order valence-electron chi connectivity index (χ0n) is 17.2. The fourth-order valence-corrected chi connectivity index (χ4v) is 3.73. The van der Waals surface area contributed by atoms with E-state index in [0.29, 0.717) is 16.8 Å². The molecule has 0 N–H and O–H groups in total. The van der Waals surface area contributed by atoms with Crippen molar-refractivity contribution < 1.29 is 14.3 Å². The van der Waals surface area contributed by atoms with E-state index in [1.54, 1.807) is 29.7 Å². The summed E-state index contributed by atoms with van der Waals surface area (Å²) >= 11 is 1.60. The first kappa shape index (κ1) is 20.7. The van der Waals surface area contributed by atoms with Crippen LogP contribution in [-0.2, 0) is 14.3 Å². The van der Waals surface area contributed by atoms with Crippen LogP contribution < -0.4 is 9.80 Å². The third kappa shape index (κ3) is 4.07. The number of carbonyl (C=O) groups excluding carboxylic acids is 2. The van der Waals surface area contributed by atoms with Gasteiger partial charge in [-0.25, -0.2) is 4.79 Å². The van der Waals surface area contributed by atoms with Crippen LogP contribution in [0.5, 0.6) is 0 Å². The van der Waals surface area contributed by atoms with Crippen molar-refractivity contribution in [1.82, 2.24) is 0 Å². The number of esters is 1. The number of anilines is 2. The summed E-state index contributed by atoms with van der Waals surface area (Å²) in [6.07, 6.45) is 3.73. The van der Waals surface area contributed by atoms with E-state index in [-0.39, 0.29) is 5.91 Å². The average molecular weight is 409 g/mol. The van der Waals surface area contributed by atoms with Gasteiger partial charge in [0.2, 0.25) is 0 Å². The molecule has 1 aliphatic heterocycles. The van der Waals surface area contributed by atoms with Gasteiger partial charge in [0.1, 0.15) is 0 Å². The Morgan fingerprint density at radius 2 is 1.83 bits per heavy atom. The maximum atomic E-state index is 13.3. The fourth-order valence-electron chi connectivity index (χ4n) is 3.28. The van der Waals surface area contributed by atoms with Crippen LogP contribution in [0.3, 0.4) is 0 Å². The van der Waals surface area contributed by atoms with Gasteiger partial charge in [0, 0.05) is 30.4 Å². The number of rotatable bonds is 5. The number of nitrogens with zero attached hydrogens (tertiary/aromatic N) is 2. The first-order chi connectivity index (χ1) is 13.9. The van der Waals surface area contributed by atoms with Gasteiger partial charge >= 0.3 is 5.97 Å². The van der Waals surface area contributed by atoms with Crippen molar-refractivity contribution >= 4 is 41.1 Å². The first-order valence-electron chi connectivity index (χ1n) is 9.14. The van der Waals surface area contributed by atoms with Crippen LogP contribution in [0.25, 0.3) is 6.08 Å². The minimum Gasteiger partial charge on any atom is -0.465 e. The summed E-state index contributed by atoms with van der Waals surface area (Å²) in [6.45, 7) is 1.77. The molecule has 0 aromatic heterocycles. The summed E-state index contributed by atoms with van der Waals surface area (Å²) in [5, 5.41) is 0. The van der Waals surface area contributed by atoms with Gasteiger partial charge in [0.05, 0.1) is 23.9 Å². The summed E-state index contributed by atoms with van der Waals surface area (Å²) in [5.41, 5.74) is 3.82. The molecule has 2 aromatic carbocycles. The number of allylic oxidation sites excluding steroid dienone is 1. The number of benzene rings is 2. The van der Waals surface area contributed by atoms with Crippen molar-refractivity contribution in [1.29, 1.82) is 0 Å². The molecule has 0 saturated heterocycles. The smallest absolute Gasteiger partial charge is 0.340 e. The summed E-state index contributed by atoms with van der Waals surface area (Å²) in [7, 11) is 5.26. The van der Waals surface area contributed by atoms with Crippen molar-refractivity contribution in [2.45, 2.75) is 11.8 Å². The van der Waals surface area contributed by atoms with E-state index in [1.165, 1.54) is 7.11 Å². The maximum Gasteiger partial charge on any atom is 0.340 e. The Hall–Kier alpha value is -2.99. The highest BCUT2D eigenvalue weighted by atomic mass is 32.2. The standard InChI is InChI=1S/C23H24N2O3S/c1-15-21(23(27)28-4)20(13-16-9-11-17(12-10-16)24(2)3)22(26)25(15)18-7-6-8-19(14-18)29-5/h6-14H,1-5H3/b20-13-. The molecule has 0 bridgehead atoms. The molecule has 0 saturated carbocycles. The van der Waals surface area contributed by atoms with Crippen molar-refractivity contribution in [3.8, 4) is 0 Å². The number of hydrogen-bond acceptors (Lipinski definition) is 5. The van der Waals surface area contributed by atoms with Gasteiger partial charge in [-0.3, -0.25) is 9.69 Å². The SMILES string of the molecule is COC(=O)C1=C(C)N(c2cccc(SC)c2)C(=O)/C1=C\c1ccc(N(C)C)cc1. The highest BCUT2D eigenvalue weighted by molar-refractivity contribution is 7.98. The largest absolute Gasteiger partial charge is 0.465 e. The van der Waals surface area contributed by atoms with E-state index in [2.05, 4.69) is 0 Å². The molecule has 0 unspecified atom stereocenters. The molecule has 150 valence electrons. The molecular formula is C23H24N2O3S. The molecule has 1 amide bonds. The second-order valence-electron chi connectivity index (χ2n) is 6.84. The number of methoxy groups -OCH3 is 1. The number of amides is 1. The van der Waals surface area contributed by atoms with Gasteiger partial charge in [0.15, 0.2) is 0 Å². The van der Waals surface area contributed by atoms with Crippen LogP contribution in [0.1, 0.15) is 12.5 Å². The number of thioether (sulfide) groups is 1. The van der Waals surface area contributed by atoms with Gasteiger partial charge < -0.3 is 9.64 Å². The molecule has 5 nitrogen and oxygen atoms in total. The maximum absolute atomic E-state index is 13.3. The zero-order valence-corrected chi connectivity index (χ0v) is 18.0. The Labute approximate surface area is 175 Å². The van der Waals surface area contributed by atoms with Gasteiger partial charge in [-0.05, 0) is 55.2 Å². The van der Waals surface area contributed by atoms with Crippen LogP contribution >= 0.6 is 11.8 Å². The fraction of sp³-hybridized carbons (Fsp3) is 0.217. The Balaban J connectivity index is 2.08. The third-order valence-corrected chi connectivity index (χ3v) is 5.55. The van der Waals surface area contributed by atoms with Gasteiger partial charge in [-0.1, -0.05) is 18.2 Å². The lowest BCUT2D eigenvalue weighted by Gasteiger charge is -2.18. The predicted molar refractivity (Wildman–Crippen MR) is 119 cm³/mol. The Morgan fingerprint density at radius 1 is 1.14 bits per heavy atom. The molecule has 1 aliphatic rings. The second-order valence-corrected chi connectivity index (χ2v) is 7.72. The lowest BCUT2D eigenvalue weighted by molar-refractivity contribution is -0.136. The van der Waals surface area contributed by atoms with Gasteiger partial charge in [0.25, 0.3) is 5.91 Å². The highest BCUT2D eigenvalue weighted by Crippen LogP contribution is 2.36. The van der Waals surface area contributed by atoms with E-state index in [0.717, 1.165) is 21.8 Å². The molecule has 0 aliphatic carbocycles. The molecule has 0 fully saturated rings. The zero-order chi connectivity index (χ0) is 21.1. The van der Waals surface area contributed by atoms with Crippen LogP contribution in [0.2, 0.25) is 0 Å². The van der Waals surface area contributed by atoms with E-state index in [9.17, 15) is 9.59 Å². The van der Waals surface area contributed by atoms with Gasteiger partial charge in [-0.2, -0.15) is 0 Å². The Morgan fingerprint density at radius 3 is 2.41 bits per heavy atom. The van der Waals surface area contributed by atoms with Crippen molar-refractivity contribution in [3.05, 3.63) is 70.9 Å². The summed E-state index contributed by atoms with van der Waals surface area (Å²) in [5.74, 6) is -0.756. The highest BCUT2D eigenvalue weighted by Gasteiger charge is 2.37. The number of ether oxygens (including phenoxy) is 1. The van der Waals surface area contributed by atoms with E-state index in [4.69, 9.17) is 4.74 Å². The van der Waals surface area contributed by atoms with Crippen LogP contribution in [-0.4, -0.2) is 39.3 Å². The first-order valence-corrected chi connectivity index (χ1v) is 10.4.